The molecule has 0 saturated carbocycles. The van der Waals surface area contributed by atoms with Crippen LogP contribution in [0.15, 0.2) is 5.38 Å². The van der Waals surface area contributed by atoms with E-state index in [1.165, 1.54) is 0 Å². The van der Waals surface area contributed by atoms with Crippen LogP contribution >= 0.6 is 11.3 Å². The van der Waals surface area contributed by atoms with Crippen molar-refractivity contribution in [2.24, 2.45) is 5.84 Å². The number of ether oxygens (including phenoxy) is 1. The summed E-state index contributed by atoms with van der Waals surface area (Å²) in [6.45, 7) is 4.99. The van der Waals surface area contributed by atoms with Gasteiger partial charge in [-0.1, -0.05) is 0 Å². The predicted octanol–water partition coefficient (Wildman–Crippen LogP) is 0.975. The Hall–Kier alpha value is -2.00. The lowest BCUT2D eigenvalue weighted by atomic mass is 10.3. The molecule has 0 aromatic carbocycles. The number of nitrogens with two attached hydrogens (primary N) is 1. The molecule has 0 bridgehead atoms. The van der Waals surface area contributed by atoms with E-state index in [4.69, 9.17) is 10.6 Å². The van der Waals surface area contributed by atoms with E-state index < -0.39 is 0 Å². The van der Waals surface area contributed by atoms with Crippen LogP contribution in [0.1, 0.15) is 17.6 Å². The molecule has 2 heterocycles. The molecular formula is C11H17N7OS. The summed E-state index contributed by atoms with van der Waals surface area (Å²) in [5, 5.41) is 6.21. The fraction of sp³-hybridized carbons (Fsp3) is 0.455. The zero-order valence-electron chi connectivity index (χ0n) is 11.4. The van der Waals surface area contributed by atoms with Crippen LogP contribution in [-0.2, 0) is 6.42 Å². The summed E-state index contributed by atoms with van der Waals surface area (Å²) in [6.07, 6.45) is 0.797. The van der Waals surface area contributed by atoms with Crippen LogP contribution < -0.4 is 21.3 Å². The third kappa shape index (κ3) is 4.00. The summed E-state index contributed by atoms with van der Waals surface area (Å²) in [4.78, 5) is 16.6. The van der Waals surface area contributed by atoms with Crippen molar-refractivity contribution in [3.8, 4) is 6.01 Å². The summed E-state index contributed by atoms with van der Waals surface area (Å²) in [5.74, 6) is 5.99. The molecule has 108 valence electrons. The summed E-state index contributed by atoms with van der Waals surface area (Å²) in [6, 6.07) is 0.238. The molecule has 2 aromatic rings. The molecule has 0 aliphatic rings. The summed E-state index contributed by atoms with van der Waals surface area (Å²) >= 11 is 1.64. The number of hydrazine groups is 1. The first-order valence-corrected chi connectivity index (χ1v) is 7.09. The van der Waals surface area contributed by atoms with Gasteiger partial charge in [0.15, 0.2) is 0 Å². The molecule has 0 radical (unpaired) electrons. The highest BCUT2D eigenvalue weighted by Gasteiger charge is 2.06. The Balaban J connectivity index is 1.95. The van der Waals surface area contributed by atoms with Gasteiger partial charge in [0, 0.05) is 18.3 Å². The molecule has 0 spiro atoms. The van der Waals surface area contributed by atoms with Crippen LogP contribution in [0.2, 0.25) is 0 Å². The number of hydrogen-bond acceptors (Lipinski definition) is 9. The van der Waals surface area contributed by atoms with Gasteiger partial charge >= 0.3 is 6.01 Å². The van der Waals surface area contributed by atoms with Crippen molar-refractivity contribution in [2.75, 3.05) is 23.9 Å². The maximum atomic E-state index is 5.31. The monoisotopic (exact) mass is 295 g/mol. The predicted molar refractivity (Wildman–Crippen MR) is 77.9 cm³/mol. The average molecular weight is 295 g/mol. The van der Waals surface area contributed by atoms with E-state index in [0.29, 0.717) is 19.1 Å². The van der Waals surface area contributed by atoms with E-state index in [1.54, 1.807) is 11.3 Å². The van der Waals surface area contributed by atoms with Gasteiger partial charge in [0.25, 0.3) is 0 Å². The first-order valence-electron chi connectivity index (χ1n) is 6.21. The zero-order chi connectivity index (χ0) is 14.4. The van der Waals surface area contributed by atoms with Crippen LogP contribution in [0.4, 0.5) is 11.9 Å². The number of aromatic nitrogens is 4. The van der Waals surface area contributed by atoms with E-state index in [1.807, 2.05) is 19.2 Å². The fourth-order valence-corrected chi connectivity index (χ4v) is 2.17. The van der Waals surface area contributed by atoms with Crippen molar-refractivity contribution in [2.45, 2.75) is 20.3 Å². The van der Waals surface area contributed by atoms with Gasteiger partial charge in [-0.25, -0.2) is 10.8 Å². The molecule has 2 rings (SSSR count). The Labute approximate surface area is 120 Å². The highest BCUT2D eigenvalue weighted by atomic mass is 32.1. The second-order valence-electron chi connectivity index (χ2n) is 3.88. The van der Waals surface area contributed by atoms with Gasteiger partial charge in [-0.15, -0.1) is 11.3 Å². The summed E-state index contributed by atoms with van der Waals surface area (Å²) in [5.41, 5.74) is 3.44. The minimum Gasteiger partial charge on any atom is -0.464 e. The maximum absolute atomic E-state index is 5.31. The third-order valence-electron chi connectivity index (χ3n) is 2.35. The average Bonchev–Trinajstić information content (AvgIpc) is 2.84. The Kier molecular flexibility index (Phi) is 5.02. The van der Waals surface area contributed by atoms with Crippen molar-refractivity contribution in [1.82, 2.24) is 19.9 Å². The standard InChI is InChI=1S/C11H17N7OS/c1-3-19-11-16-9(15-10(17-11)18-12)13-5-4-8-6-20-7(2)14-8/h6H,3-5,12H2,1-2H3,(H2,13,15,16,17,18). The molecule has 0 atom stereocenters. The SMILES string of the molecule is CCOc1nc(NN)nc(NCCc2csc(C)n2)n1. The van der Waals surface area contributed by atoms with Crippen LogP contribution in [-0.4, -0.2) is 33.1 Å². The second-order valence-corrected chi connectivity index (χ2v) is 4.94. The number of thiazole rings is 1. The van der Waals surface area contributed by atoms with Crippen molar-refractivity contribution >= 4 is 23.2 Å². The molecule has 0 unspecified atom stereocenters. The van der Waals surface area contributed by atoms with Crippen LogP contribution in [0.5, 0.6) is 6.01 Å². The number of rotatable bonds is 7. The van der Waals surface area contributed by atoms with E-state index in [-0.39, 0.29) is 12.0 Å². The number of nitrogens with one attached hydrogen (secondary N) is 2. The largest absolute Gasteiger partial charge is 0.464 e. The Morgan fingerprint density at radius 1 is 1.25 bits per heavy atom. The Morgan fingerprint density at radius 2 is 2.05 bits per heavy atom. The van der Waals surface area contributed by atoms with Gasteiger partial charge in [0.05, 0.1) is 17.3 Å². The van der Waals surface area contributed by atoms with Gasteiger partial charge < -0.3 is 10.1 Å². The lowest BCUT2D eigenvalue weighted by Gasteiger charge is -2.07. The molecule has 0 fully saturated rings. The molecule has 8 nitrogen and oxygen atoms in total. The first kappa shape index (κ1) is 14.4. The molecular weight excluding hydrogens is 278 g/mol. The Morgan fingerprint density at radius 3 is 2.70 bits per heavy atom. The number of aryl methyl sites for hydroxylation is 1. The third-order valence-corrected chi connectivity index (χ3v) is 3.17. The van der Waals surface area contributed by atoms with Gasteiger partial charge in [-0.2, -0.15) is 15.0 Å². The van der Waals surface area contributed by atoms with Crippen molar-refractivity contribution < 1.29 is 4.74 Å². The molecule has 20 heavy (non-hydrogen) atoms. The molecule has 2 aromatic heterocycles. The van der Waals surface area contributed by atoms with E-state index in [2.05, 4.69) is 30.7 Å². The fourth-order valence-electron chi connectivity index (χ4n) is 1.52. The highest BCUT2D eigenvalue weighted by Crippen LogP contribution is 2.11. The maximum Gasteiger partial charge on any atom is 0.323 e. The normalized spacial score (nSPS) is 10.3. The molecule has 0 aliphatic carbocycles. The lowest BCUT2D eigenvalue weighted by molar-refractivity contribution is 0.312. The van der Waals surface area contributed by atoms with Crippen LogP contribution in [0.3, 0.4) is 0 Å². The minimum absolute atomic E-state index is 0.238. The van der Waals surface area contributed by atoms with Crippen LogP contribution in [0, 0.1) is 6.92 Å². The van der Waals surface area contributed by atoms with Gasteiger partial charge in [0.1, 0.15) is 0 Å². The van der Waals surface area contributed by atoms with Crippen LogP contribution in [0.25, 0.3) is 0 Å². The van der Waals surface area contributed by atoms with Gasteiger partial charge in [0.2, 0.25) is 11.9 Å². The summed E-state index contributed by atoms with van der Waals surface area (Å²) in [7, 11) is 0. The summed E-state index contributed by atoms with van der Waals surface area (Å²) < 4.78 is 5.25. The molecule has 0 amide bonds. The molecule has 9 heteroatoms. The number of nitrogen functional groups attached to an aromatic ring is 1. The lowest BCUT2D eigenvalue weighted by Crippen LogP contribution is -2.15. The number of hydrogen-bond donors (Lipinski definition) is 3. The second kappa shape index (κ2) is 6.96. The Bertz CT molecular complexity index is 559. The van der Waals surface area contributed by atoms with E-state index in [0.717, 1.165) is 17.1 Å². The number of anilines is 2. The molecule has 4 N–H and O–H groups in total. The first-order chi connectivity index (χ1) is 9.71. The van der Waals surface area contributed by atoms with Crippen molar-refractivity contribution in [1.29, 1.82) is 0 Å². The van der Waals surface area contributed by atoms with Crippen molar-refractivity contribution in [3.05, 3.63) is 16.1 Å². The highest BCUT2D eigenvalue weighted by molar-refractivity contribution is 7.09. The quantitative estimate of drug-likeness (QED) is 0.512. The van der Waals surface area contributed by atoms with E-state index in [9.17, 15) is 0 Å². The number of nitrogens with zero attached hydrogens (tertiary/aromatic N) is 4. The van der Waals surface area contributed by atoms with Gasteiger partial charge in [-0.3, -0.25) is 5.43 Å². The molecule has 0 aliphatic heterocycles. The van der Waals surface area contributed by atoms with Crippen molar-refractivity contribution in [3.63, 3.8) is 0 Å². The van der Waals surface area contributed by atoms with Gasteiger partial charge in [-0.05, 0) is 13.8 Å². The molecule has 0 saturated heterocycles. The minimum atomic E-state index is 0.238. The smallest absolute Gasteiger partial charge is 0.323 e. The zero-order valence-corrected chi connectivity index (χ0v) is 12.2. The van der Waals surface area contributed by atoms with E-state index >= 15 is 0 Å². The topological polar surface area (TPSA) is 111 Å².